The van der Waals surface area contributed by atoms with Crippen LogP contribution in [0.3, 0.4) is 0 Å². The van der Waals surface area contributed by atoms with Gasteiger partial charge in [-0.15, -0.1) is 0 Å². The summed E-state index contributed by atoms with van der Waals surface area (Å²) in [5.41, 5.74) is 0. The van der Waals surface area contributed by atoms with Crippen LogP contribution < -0.4 is 10.6 Å². The summed E-state index contributed by atoms with van der Waals surface area (Å²) in [5.74, 6) is 0.0987. The van der Waals surface area contributed by atoms with Crippen molar-refractivity contribution >= 4 is 17.7 Å². The Hall–Kier alpha value is -0.220. The Morgan fingerprint density at radius 3 is 2.29 bits per heavy atom. The standard InChI is InChI=1S/C13H28N2OS/c1-6-11(4)15-12(16)9-14-10-13(7-2,8-3)17-5/h11,14H,6-10H2,1-5H3,(H,15,16). The highest BCUT2D eigenvalue weighted by Gasteiger charge is 2.24. The van der Waals surface area contributed by atoms with E-state index in [2.05, 4.69) is 37.7 Å². The maximum atomic E-state index is 11.6. The van der Waals surface area contributed by atoms with Crippen LogP contribution in [0.25, 0.3) is 0 Å². The fourth-order valence-corrected chi connectivity index (χ4v) is 2.52. The molecule has 4 heteroatoms. The van der Waals surface area contributed by atoms with E-state index in [1.54, 1.807) is 0 Å². The lowest BCUT2D eigenvalue weighted by Gasteiger charge is -2.29. The second-order valence-electron chi connectivity index (χ2n) is 4.57. The molecule has 1 unspecified atom stereocenters. The Labute approximate surface area is 111 Å². The van der Waals surface area contributed by atoms with Gasteiger partial charge in [0.1, 0.15) is 0 Å². The zero-order chi connectivity index (χ0) is 13.3. The lowest BCUT2D eigenvalue weighted by atomic mass is 10.0. The van der Waals surface area contributed by atoms with Crippen molar-refractivity contribution in [2.45, 2.75) is 57.7 Å². The maximum absolute atomic E-state index is 11.6. The van der Waals surface area contributed by atoms with Crippen LogP contribution in [-0.4, -0.2) is 36.0 Å². The fourth-order valence-electron chi connectivity index (χ4n) is 1.69. The zero-order valence-corrected chi connectivity index (χ0v) is 12.7. The minimum absolute atomic E-state index is 0.0987. The molecule has 0 spiro atoms. The van der Waals surface area contributed by atoms with E-state index >= 15 is 0 Å². The predicted octanol–water partition coefficient (Wildman–Crippen LogP) is 2.41. The molecule has 0 bridgehead atoms. The average Bonchev–Trinajstić information content (AvgIpc) is 2.35. The van der Waals surface area contributed by atoms with Crippen molar-refractivity contribution in [1.29, 1.82) is 0 Å². The van der Waals surface area contributed by atoms with E-state index in [9.17, 15) is 4.79 Å². The molecule has 0 rings (SSSR count). The molecule has 0 fully saturated rings. The third-order valence-corrected chi connectivity index (χ3v) is 5.06. The maximum Gasteiger partial charge on any atom is 0.234 e. The molecule has 17 heavy (non-hydrogen) atoms. The van der Waals surface area contributed by atoms with Crippen LogP contribution >= 0.6 is 11.8 Å². The molecule has 0 radical (unpaired) electrons. The molecule has 102 valence electrons. The Kier molecular flexibility index (Phi) is 8.70. The smallest absolute Gasteiger partial charge is 0.234 e. The van der Waals surface area contributed by atoms with Crippen LogP contribution in [0.4, 0.5) is 0 Å². The van der Waals surface area contributed by atoms with Gasteiger partial charge >= 0.3 is 0 Å². The van der Waals surface area contributed by atoms with Crippen molar-refractivity contribution in [3.8, 4) is 0 Å². The number of carbonyl (C=O) groups excluding carboxylic acids is 1. The molecule has 0 saturated heterocycles. The summed E-state index contributed by atoms with van der Waals surface area (Å²) in [7, 11) is 0. The topological polar surface area (TPSA) is 41.1 Å². The highest BCUT2D eigenvalue weighted by molar-refractivity contribution is 8.00. The number of hydrogen-bond donors (Lipinski definition) is 2. The summed E-state index contributed by atoms with van der Waals surface area (Å²) in [6.07, 6.45) is 5.38. The summed E-state index contributed by atoms with van der Waals surface area (Å²) in [5, 5.41) is 6.24. The number of rotatable bonds is 9. The van der Waals surface area contributed by atoms with E-state index in [-0.39, 0.29) is 16.7 Å². The summed E-state index contributed by atoms with van der Waals surface area (Å²) >= 11 is 1.89. The molecule has 0 aromatic carbocycles. The first-order valence-electron chi connectivity index (χ1n) is 6.58. The molecule has 0 saturated carbocycles. The van der Waals surface area contributed by atoms with E-state index < -0.39 is 0 Å². The van der Waals surface area contributed by atoms with E-state index in [4.69, 9.17) is 0 Å². The van der Waals surface area contributed by atoms with Gasteiger partial charge in [0.05, 0.1) is 6.54 Å². The number of amides is 1. The van der Waals surface area contributed by atoms with Crippen molar-refractivity contribution in [2.75, 3.05) is 19.3 Å². The van der Waals surface area contributed by atoms with Crippen LogP contribution in [-0.2, 0) is 4.79 Å². The Balaban J connectivity index is 3.92. The van der Waals surface area contributed by atoms with Gasteiger partial charge in [-0.1, -0.05) is 20.8 Å². The van der Waals surface area contributed by atoms with Gasteiger partial charge in [0.2, 0.25) is 5.91 Å². The first-order chi connectivity index (χ1) is 8.03. The quantitative estimate of drug-likeness (QED) is 0.669. The molecule has 2 N–H and O–H groups in total. The molecular formula is C13H28N2OS. The molecule has 0 heterocycles. The highest BCUT2D eigenvalue weighted by Crippen LogP contribution is 2.29. The van der Waals surface area contributed by atoms with Crippen molar-refractivity contribution in [3.05, 3.63) is 0 Å². The third kappa shape index (κ3) is 6.32. The minimum Gasteiger partial charge on any atom is -0.353 e. The summed E-state index contributed by atoms with van der Waals surface area (Å²) in [4.78, 5) is 11.6. The molecule has 0 aromatic rings. The molecule has 0 aliphatic carbocycles. The highest BCUT2D eigenvalue weighted by atomic mass is 32.2. The van der Waals surface area contributed by atoms with E-state index in [1.807, 2.05) is 18.7 Å². The van der Waals surface area contributed by atoms with Crippen LogP contribution in [0.5, 0.6) is 0 Å². The minimum atomic E-state index is 0.0987. The van der Waals surface area contributed by atoms with Crippen molar-refractivity contribution < 1.29 is 4.79 Å². The SMILES string of the molecule is CCC(C)NC(=O)CNCC(CC)(CC)SC. The average molecular weight is 260 g/mol. The van der Waals surface area contributed by atoms with Crippen molar-refractivity contribution in [1.82, 2.24) is 10.6 Å². The second kappa shape index (κ2) is 8.81. The monoisotopic (exact) mass is 260 g/mol. The fraction of sp³-hybridized carbons (Fsp3) is 0.923. The van der Waals surface area contributed by atoms with E-state index in [0.717, 1.165) is 25.8 Å². The Morgan fingerprint density at radius 2 is 1.88 bits per heavy atom. The molecule has 3 nitrogen and oxygen atoms in total. The summed E-state index contributed by atoms with van der Waals surface area (Å²) in [6.45, 7) is 9.84. The van der Waals surface area contributed by atoms with Gasteiger partial charge in [-0.05, 0) is 32.4 Å². The zero-order valence-electron chi connectivity index (χ0n) is 11.9. The molecule has 0 aliphatic rings. The van der Waals surface area contributed by atoms with E-state index in [1.165, 1.54) is 0 Å². The second-order valence-corrected chi connectivity index (χ2v) is 5.85. The molecule has 0 aliphatic heterocycles. The van der Waals surface area contributed by atoms with Crippen molar-refractivity contribution in [3.63, 3.8) is 0 Å². The predicted molar refractivity (Wildman–Crippen MR) is 77.6 cm³/mol. The Bertz CT molecular complexity index is 209. The first kappa shape index (κ1) is 16.8. The van der Waals surface area contributed by atoms with Gasteiger partial charge in [0, 0.05) is 17.3 Å². The molecular weight excluding hydrogens is 232 g/mol. The lowest BCUT2D eigenvalue weighted by molar-refractivity contribution is -0.120. The van der Waals surface area contributed by atoms with Gasteiger partial charge in [0.15, 0.2) is 0 Å². The summed E-state index contributed by atoms with van der Waals surface area (Å²) in [6, 6.07) is 0.270. The molecule has 0 aromatic heterocycles. The lowest BCUT2D eigenvalue weighted by Crippen LogP contribution is -2.43. The number of hydrogen-bond acceptors (Lipinski definition) is 3. The first-order valence-corrected chi connectivity index (χ1v) is 7.81. The third-order valence-electron chi connectivity index (χ3n) is 3.47. The van der Waals surface area contributed by atoms with Crippen LogP contribution in [0.1, 0.15) is 47.0 Å². The summed E-state index contributed by atoms with van der Waals surface area (Å²) < 4.78 is 0.274. The van der Waals surface area contributed by atoms with Gasteiger partial charge in [0.25, 0.3) is 0 Å². The number of carbonyl (C=O) groups is 1. The van der Waals surface area contributed by atoms with Crippen molar-refractivity contribution in [2.24, 2.45) is 0 Å². The number of nitrogens with one attached hydrogen (secondary N) is 2. The van der Waals surface area contributed by atoms with Gasteiger partial charge < -0.3 is 10.6 Å². The normalized spacial score (nSPS) is 13.5. The Morgan fingerprint density at radius 1 is 1.29 bits per heavy atom. The number of thioether (sulfide) groups is 1. The van der Waals surface area contributed by atoms with Crippen LogP contribution in [0.2, 0.25) is 0 Å². The molecule has 1 atom stereocenters. The van der Waals surface area contributed by atoms with Crippen LogP contribution in [0.15, 0.2) is 0 Å². The van der Waals surface area contributed by atoms with E-state index in [0.29, 0.717) is 6.54 Å². The molecule has 1 amide bonds. The van der Waals surface area contributed by atoms with Gasteiger partial charge in [-0.2, -0.15) is 11.8 Å². The largest absolute Gasteiger partial charge is 0.353 e. The van der Waals surface area contributed by atoms with Gasteiger partial charge in [-0.25, -0.2) is 0 Å². The van der Waals surface area contributed by atoms with Crippen LogP contribution in [0, 0.1) is 0 Å². The van der Waals surface area contributed by atoms with Gasteiger partial charge in [-0.3, -0.25) is 4.79 Å².